The van der Waals surface area contributed by atoms with Crippen molar-refractivity contribution in [3.8, 4) is 17.6 Å². The molecule has 4 nitrogen and oxygen atoms in total. The minimum absolute atomic E-state index is 0.451. The average Bonchev–Trinajstić information content (AvgIpc) is 2.45. The van der Waals surface area contributed by atoms with Gasteiger partial charge in [0.15, 0.2) is 11.5 Å². The molecule has 0 aliphatic heterocycles. The van der Waals surface area contributed by atoms with Gasteiger partial charge in [-0.2, -0.15) is 5.26 Å². The molecule has 0 aliphatic carbocycles. The molecule has 1 N–H and O–H groups in total. The van der Waals surface area contributed by atoms with Crippen molar-refractivity contribution >= 4 is 0 Å². The molecule has 20 heavy (non-hydrogen) atoms. The largest absolute Gasteiger partial charge is 0.493 e. The van der Waals surface area contributed by atoms with E-state index in [0.717, 1.165) is 30.9 Å². The Morgan fingerprint density at radius 1 is 1.25 bits per heavy atom. The maximum absolute atomic E-state index is 8.49. The Kier molecular flexibility index (Phi) is 7.52. The van der Waals surface area contributed by atoms with Crippen LogP contribution in [0.2, 0.25) is 0 Å². The van der Waals surface area contributed by atoms with E-state index in [4.69, 9.17) is 14.7 Å². The van der Waals surface area contributed by atoms with E-state index < -0.39 is 0 Å². The van der Waals surface area contributed by atoms with Gasteiger partial charge >= 0.3 is 0 Å². The van der Waals surface area contributed by atoms with E-state index in [-0.39, 0.29) is 0 Å². The van der Waals surface area contributed by atoms with Crippen LogP contribution >= 0.6 is 0 Å². The second-order valence-corrected chi connectivity index (χ2v) is 4.98. The van der Waals surface area contributed by atoms with Crippen molar-refractivity contribution in [2.24, 2.45) is 0 Å². The third-order valence-corrected chi connectivity index (χ3v) is 2.88. The number of hydrogen-bond acceptors (Lipinski definition) is 4. The number of methoxy groups -OCH3 is 1. The third-order valence-electron chi connectivity index (χ3n) is 2.88. The van der Waals surface area contributed by atoms with Gasteiger partial charge in [-0.3, -0.25) is 0 Å². The van der Waals surface area contributed by atoms with Crippen LogP contribution < -0.4 is 14.8 Å². The van der Waals surface area contributed by atoms with E-state index in [2.05, 4.69) is 25.2 Å². The number of nitrogens with one attached hydrogen (secondary N) is 1. The first-order chi connectivity index (χ1) is 9.67. The lowest BCUT2D eigenvalue weighted by molar-refractivity contribution is 0.286. The smallest absolute Gasteiger partial charge is 0.161 e. The van der Waals surface area contributed by atoms with Gasteiger partial charge in [0.25, 0.3) is 0 Å². The van der Waals surface area contributed by atoms with Crippen LogP contribution in [0.3, 0.4) is 0 Å². The van der Waals surface area contributed by atoms with E-state index in [0.29, 0.717) is 19.1 Å². The Labute approximate surface area is 121 Å². The first-order valence-corrected chi connectivity index (χ1v) is 7.07. The molecule has 0 unspecified atom stereocenters. The van der Waals surface area contributed by atoms with Gasteiger partial charge < -0.3 is 14.8 Å². The van der Waals surface area contributed by atoms with Gasteiger partial charge in [-0.25, -0.2) is 0 Å². The predicted molar refractivity (Wildman–Crippen MR) is 79.9 cm³/mol. The van der Waals surface area contributed by atoms with Gasteiger partial charge in [0, 0.05) is 19.0 Å². The van der Waals surface area contributed by atoms with Crippen molar-refractivity contribution in [2.45, 2.75) is 45.7 Å². The average molecular weight is 276 g/mol. The van der Waals surface area contributed by atoms with Crippen molar-refractivity contribution in [3.63, 3.8) is 0 Å². The standard InChI is InChI=1S/C16H24N2O2/c1-13(2)18-12-14-7-8-15(19-3)16(11-14)20-10-6-4-5-9-17/h7-8,11,13,18H,4-6,10,12H2,1-3H3. The summed E-state index contributed by atoms with van der Waals surface area (Å²) in [6.07, 6.45) is 2.33. The summed E-state index contributed by atoms with van der Waals surface area (Å²) in [6.45, 7) is 5.66. The second-order valence-electron chi connectivity index (χ2n) is 4.98. The van der Waals surface area contributed by atoms with Crippen molar-refractivity contribution in [2.75, 3.05) is 13.7 Å². The summed E-state index contributed by atoms with van der Waals surface area (Å²) in [4.78, 5) is 0. The van der Waals surface area contributed by atoms with Crippen molar-refractivity contribution < 1.29 is 9.47 Å². The summed E-state index contributed by atoms with van der Waals surface area (Å²) in [6, 6.07) is 8.57. The quantitative estimate of drug-likeness (QED) is 0.703. The summed E-state index contributed by atoms with van der Waals surface area (Å²) in [5.74, 6) is 1.52. The lowest BCUT2D eigenvalue weighted by Gasteiger charge is -2.13. The number of benzene rings is 1. The summed E-state index contributed by atoms with van der Waals surface area (Å²) in [5, 5.41) is 11.9. The summed E-state index contributed by atoms with van der Waals surface area (Å²) < 4.78 is 11.1. The number of nitrogens with zero attached hydrogens (tertiary/aromatic N) is 1. The van der Waals surface area contributed by atoms with Gasteiger partial charge in [-0.1, -0.05) is 19.9 Å². The molecule has 0 radical (unpaired) electrons. The van der Waals surface area contributed by atoms with E-state index in [1.165, 1.54) is 5.56 Å². The molecule has 110 valence electrons. The monoisotopic (exact) mass is 276 g/mol. The van der Waals surface area contributed by atoms with Crippen LogP contribution in [0.1, 0.15) is 38.7 Å². The molecule has 0 atom stereocenters. The van der Waals surface area contributed by atoms with Gasteiger partial charge in [0.1, 0.15) is 0 Å². The molecular weight excluding hydrogens is 252 g/mol. The van der Waals surface area contributed by atoms with Crippen LogP contribution in [-0.4, -0.2) is 19.8 Å². The van der Waals surface area contributed by atoms with Crippen LogP contribution in [0.15, 0.2) is 18.2 Å². The topological polar surface area (TPSA) is 54.3 Å². The number of hydrogen-bond donors (Lipinski definition) is 1. The molecule has 0 aliphatic rings. The Balaban J connectivity index is 2.57. The minimum Gasteiger partial charge on any atom is -0.493 e. The zero-order chi connectivity index (χ0) is 14.8. The minimum atomic E-state index is 0.451. The molecule has 0 aromatic heterocycles. The number of ether oxygens (including phenoxy) is 2. The predicted octanol–water partition coefficient (Wildman–Crippen LogP) is 3.27. The zero-order valence-corrected chi connectivity index (χ0v) is 12.6. The van der Waals surface area contributed by atoms with Crippen LogP contribution in [0, 0.1) is 11.3 Å². The molecular formula is C16H24N2O2. The molecule has 0 spiro atoms. The first kappa shape index (κ1) is 16.3. The number of unbranched alkanes of at least 4 members (excludes halogenated alkanes) is 2. The Bertz CT molecular complexity index is 439. The maximum atomic E-state index is 8.49. The molecule has 1 aromatic carbocycles. The van der Waals surface area contributed by atoms with E-state index in [1.54, 1.807) is 7.11 Å². The van der Waals surface area contributed by atoms with Crippen LogP contribution in [-0.2, 0) is 6.54 Å². The molecule has 0 bridgehead atoms. The van der Waals surface area contributed by atoms with Gasteiger partial charge in [-0.05, 0) is 30.5 Å². The number of rotatable bonds is 9. The van der Waals surface area contributed by atoms with Crippen molar-refractivity contribution in [3.05, 3.63) is 23.8 Å². The SMILES string of the molecule is COc1ccc(CNC(C)C)cc1OCCCCC#N. The fourth-order valence-corrected chi connectivity index (χ4v) is 1.75. The van der Waals surface area contributed by atoms with Gasteiger partial charge in [-0.15, -0.1) is 0 Å². The fraction of sp³-hybridized carbons (Fsp3) is 0.562. The third kappa shape index (κ3) is 5.94. The second kappa shape index (κ2) is 9.22. The van der Waals surface area contributed by atoms with E-state index in [9.17, 15) is 0 Å². The lowest BCUT2D eigenvalue weighted by atomic mass is 10.2. The molecule has 0 amide bonds. The highest BCUT2D eigenvalue weighted by Crippen LogP contribution is 2.28. The van der Waals surface area contributed by atoms with Gasteiger partial charge in [0.05, 0.1) is 19.8 Å². The Hall–Kier alpha value is -1.73. The summed E-state index contributed by atoms with van der Waals surface area (Å²) >= 11 is 0. The van der Waals surface area contributed by atoms with E-state index >= 15 is 0 Å². The fourth-order valence-electron chi connectivity index (χ4n) is 1.75. The number of nitriles is 1. The highest BCUT2D eigenvalue weighted by Gasteiger charge is 2.06. The molecule has 4 heteroatoms. The van der Waals surface area contributed by atoms with Crippen LogP contribution in [0.4, 0.5) is 0 Å². The molecule has 1 aromatic rings. The highest BCUT2D eigenvalue weighted by molar-refractivity contribution is 5.42. The Morgan fingerprint density at radius 3 is 2.70 bits per heavy atom. The van der Waals surface area contributed by atoms with E-state index in [1.807, 2.05) is 18.2 Å². The van der Waals surface area contributed by atoms with Gasteiger partial charge in [0.2, 0.25) is 0 Å². The Morgan fingerprint density at radius 2 is 2.05 bits per heavy atom. The molecule has 0 saturated heterocycles. The molecule has 1 rings (SSSR count). The van der Waals surface area contributed by atoms with Crippen molar-refractivity contribution in [1.82, 2.24) is 5.32 Å². The van der Waals surface area contributed by atoms with Crippen LogP contribution in [0.25, 0.3) is 0 Å². The molecule has 0 saturated carbocycles. The summed E-state index contributed by atoms with van der Waals surface area (Å²) in [5.41, 5.74) is 1.17. The normalized spacial score (nSPS) is 10.3. The lowest BCUT2D eigenvalue weighted by Crippen LogP contribution is -2.21. The molecule has 0 fully saturated rings. The first-order valence-electron chi connectivity index (χ1n) is 7.07. The van der Waals surface area contributed by atoms with Crippen LogP contribution in [0.5, 0.6) is 11.5 Å². The summed E-state index contributed by atoms with van der Waals surface area (Å²) in [7, 11) is 1.64. The zero-order valence-electron chi connectivity index (χ0n) is 12.6. The highest BCUT2D eigenvalue weighted by atomic mass is 16.5. The van der Waals surface area contributed by atoms with Crippen molar-refractivity contribution in [1.29, 1.82) is 5.26 Å². The maximum Gasteiger partial charge on any atom is 0.161 e. The molecule has 0 heterocycles.